The minimum atomic E-state index is -3.50. The number of halogens is 3. The first-order valence-electron chi connectivity index (χ1n) is 7.85. The van der Waals surface area contributed by atoms with Crippen molar-refractivity contribution in [1.82, 2.24) is 15.0 Å². The number of thioether (sulfide) groups is 1. The van der Waals surface area contributed by atoms with Gasteiger partial charge in [0.15, 0.2) is 0 Å². The molecule has 1 fully saturated rings. The van der Waals surface area contributed by atoms with Gasteiger partial charge in [0.25, 0.3) is 0 Å². The van der Waals surface area contributed by atoms with Gasteiger partial charge in [0.1, 0.15) is 16.5 Å². The topological polar surface area (TPSA) is 38.7 Å². The van der Waals surface area contributed by atoms with Gasteiger partial charge in [-0.05, 0) is 54.8 Å². The molecule has 3 nitrogen and oxygen atoms in total. The van der Waals surface area contributed by atoms with E-state index in [1.54, 1.807) is 6.26 Å². The predicted octanol–water partition coefficient (Wildman–Crippen LogP) is 4.90. The second-order valence-electron chi connectivity index (χ2n) is 6.04. The van der Waals surface area contributed by atoms with Crippen molar-refractivity contribution in [2.45, 2.75) is 29.7 Å². The molecule has 0 amide bonds. The molecule has 25 heavy (non-hydrogen) atoms. The minimum Gasteiger partial charge on any atom is -0.251 e. The standard InChI is InChI=1S/C18H14F3N3S/c1-25-16-13-6-4-11(10-2-3-10)8-14(13)23-17(24-16)18(20,21)15-7-5-12(19)9-22-15/h4-10H,2-3H2,1H3. The minimum absolute atomic E-state index is 0.490. The van der Waals surface area contributed by atoms with Crippen LogP contribution in [0.4, 0.5) is 13.2 Å². The average Bonchev–Trinajstić information content (AvgIpc) is 3.45. The van der Waals surface area contributed by atoms with E-state index in [0.717, 1.165) is 42.1 Å². The van der Waals surface area contributed by atoms with Crippen molar-refractivity contribution in [3.8, 4) is 0 Å². The lowest BCUT2D eigenvalue weighted by Crippen LogP contribution is -2.21. The number of nitrogens with zero attached hydrogens (tertiary/aromatic N) is 3. The summed E-state index contributed by atoms with van der Waals surface area (Å²) in [6.07, 6.45) is 4.79. The quantitative estimate of drug-likeness (QED) is 0.489. The molecule has 4 rings (SSSR count). The molecule has 1 aliphatic rings. The van der Waals surface area contributed by atoms with Crippen molar-refractivity contribution in [3.05, 3.63) is 59.4 Å². The Morgan fingerprint density at radius 2 is 1.92 bits per heavy atom. The van der Waals surface area contributed by atoms with Crippen LogP contribution >= 0.6 is 11.8 Å². The van der Waals surface area contributed by atoms with Gasteiger partial charge in [0.05, 0.1) is 11.7 Å². The van der Waals surface area contributed by atoms with Gasteiger partial charge in [-0.3, -0.25) is 4.98 Å². The van der Waals surface area contributed by atoms with Crippen LogP contribution in [0.5, 0.6) is 0 Å². The molecule has 7 heteroatoms. The van der Waals surface area contributed by atoms with Crippen molar-refractivity contribution < 1.29 is 13.2 Å². The van der Waals surface area contributed by atoms with Crippen molar-refractivity contribution in [1.29, 1.82) is 0 Å². The van der Waals surface area contributed by atoms with Crippen LogP contribution in [0, 0.1) is 5.82 Å². The van der Waals surface area contributed by atoms with E-state index >= 15 is 0 Å². The maximum Gasteiger partial charge on any atom is 0.348 e. The summed E-state index contributed by atoms with van der Waals surface area (Å²) >= 11 is 1.29. The van der Waals surface area contributed by atoms with Crippen LogP contribution in [0.3, 0.4) is 0 Å². The van der Waals surface area contributed by atoms with Gasteiger partial charge in [-0.2, -0.15) is 8.78 Å². The number of hydrogen-bond acceptors (Lipinski definition) is 4. The second-order valence-corrected chi connectivity index (χ2v) is 6.84. The fourth-order valence-electron chi connectivity index (χ4n) is 2.76. The van der Waals surface area contributed by atoms with Crippen LogP contribution in [0.2, 0.25) is 0 Å². The molecule has 3 aromatic rings. The zero-order chi connectivity index (χ0) is 17.6. The molecule has 1 aliphatic carbocycles. The van der Waals surface area contributed by atoms with Crippen molar-refractivity contribution in [2.24, 2.45) is 0 Å². The monoisotopic (exact) mass is 361 g/mol. The smallest absolute Gasteiger partial charge is 0.251 e. The van der Waals surface area contributed by atoms with Gasteiger partial charge in [-0.1, -0.05) is 6.07 Å². The van der Waals surface area contributed by atoms with E-state index in [0.29, 0.717) is 16.5 Å². The van der Waals surface area contributed by atoms with Gasteiger partial charge < -0.3 is 0 Å². The maximum absolute atomic E-state index is 14.8. The van der Waals surface area contributed by atoms with E-state index in [-0.39, 0.29) is 0 Å². The summed E-state index contributed by atoms with van der Waals surface area (Å²) < 4.78 is 42.6. The molecule has 0 unspecified atom stereocenters. The summed E-state index contributed by atoms with van der Waals surface area (Å²) in [6.45, 7) is 0. The molecule has 128 valence electrons. The molecule has 2 heterocycles. The van der Waals surface area contributed by atoms with Crippen LogP contribution in [0.25, 0.3) is 10.9 Å². The lowest BCUT2D eigenvalue weighted by Gasteiger charge is -2.16. The molecular weight excluding hydrogens is 347 g/mol. The highest BCUT2D eigenvalue weighted by Gasteiger charge is 2.40. The molecular formula is C18H14F3N3S. The summed E-state index contributed by atoms with van der Waals surface area (Å²) in [6, 6.07) is 7.70. The molecule has 0 saturated heterocycles. The largest absolute Gasteiger partial charge is 0.348 e. The highest BCUT2D eigenvalue weighted by atomic mass is 32.2. The van der Waals surface area contributed by atoms with Crippen molar-refractivity contribution >= 4 is 22.7 Å². The van der Waals surface area contributed by atoms with E-state index in [2.05, 4.69) is 15.0 Å². The van der Waals surface area contributed by atoms with E-state index < -0.39 is 23.3 Å². The maximum atomic E-state index is 14.8. The van der Waals surface area contributed by atoms with Crippen LogP contribution in [0.15, 0.2) is 41.6 Å². The van der Waals surface area contributed by atoms with Crippen molar-refractivity contribution in [3.63, 3.8) is 0 Å². The van der Waals surface area contributed by atoms with Crippen LogP contribution < -0.4 is 0 Å². The van der Waals surface area contributed by atoms with Gasteiger partial charge in [-0.25, -0.2) is 14.4 Å². The second kappa shape index (κ2) is 5.98. The zero-order valence-corrected chi connectivity index (χ0v) is 14.2. The number of pyridine rings is 1. The highest BCUT2D eigenvalue weighted by Crippen LogP contribution is 2.42. The molecule has 2 aromatic heterocycles. The molecule has 0 atom stereocenters. The molecule has 1 saturated carbocycles. The fourth-order valence-corrected chi connectivity index (χ4v) is 3.33. The third-order valence-electron chi connectivity index (χ3n) is 4.26. The Kier molecular flexibility index (Phi) is 3.91. The van der Waals surface area contributed by atoms with Gasteiger partial charge in [-0.15, -0.1) is 11.8 Å². The average molecular weight is 361 g/mol. The van der Waals surface area contributed by atoms with Gasteiger partial charge in [0.2, 0.25) is 5.82 Å². The van der Waals surface area contributed by atoms with E-state index in [9.17, 15) is 13.2 Å². The van der Waals surface area contributed by atoms with Crippen LogP contribution in [-0.2, 0) is 5.92 Å². The molecule has 0 bridgehead atoms. The molecule has 0 spiro atoms. The van der Waals surface area contributed by atoms with Crippen LogP contribution in [0.1, 0.15) is 35.8 Å². The number of alkyl halides is 2. The Hall–Kier alpha value is -2.15. The third kappa shape index (κ3) is 2.97. The summed E-state index contributed by atoms with van der Waals surface area (Å²) in [5.41, 5.74) is 1.05. The number of aromatic nitrogens is 3. The fraction of sp³-hybridized carbons (Fsp3) is 0.278. The summed E-state index contributed by atoms with van der Waals surface area (Å²) in [5.74, 6) is -4.28. The Labute approximate surface area is 146 Å². The normalized spacial score (nSPS) is 14.9. The Morgan fingerprint density at radius 1 is 1.12 bits per heavy atom. The summed E-state index contributed by atoms with van der Waals surface area (Å²) in [5, 5.41) is 1.24. The third-order valence-corrected chi connectivity index (χ3v) is 4.96. The van der Waals surface area contributed by atoms with Gasteiger partial charge >= 0.3 is 5.92 Å². The number of hydrogen-bond donors (Lipinski definition) is 0. The lowest BCUT2D eigenvalue weighted by atomic mass is 10.1. The summed E-state index contributed by atoms with van der Waals surface area (Å²) in [4.78, 5) is 11.7. The first kappa shape index (κ1) is 16.3. The molecule has 1 aromatic carbocycles. The lowest BCUT2D eigenvalue weighted by molar-refractivity contribution is 0.0277. The van der Waals surface area contributed by atoms with E-state index in [1.807, 2.05) is 18.2 Å². The SMILES string of the molecule is CSc1nc(C(F)(F)c2ccc(F)cn2)nc2cc(C3CC3)ccc12. The molecule has 0 radical (unpaired) electrons. The number of fused-ring (bicyclic) bond motifs is 1. The van der Waals surface area contributed by atoms with Crippen molar-refractivity contribution in [2.75, 3.05) is 6.26 Å². The molecule has 0 N–H and O–H groups in total. The predicted molar refractivity (Wildman–Crippen MR) is 90.5 cm³/mol. The molecule has 0 aliphatic heterocycles. The Morgan fingerprint density at radius 3 is 2.56 bits per heavy atom. The first-order chi connectivity index (χ1) is 12.0. The number of benzene rings is 1. The zero-order valence-electron chi connectivity index (χ0n) is 13.3. The van der Waals surface area contributed by atoms with E-state index in [4.69, 9.17) is 0 Å². The van der Waals surface area contributed by atoms with Gasteiger partial charge in [0, 0.05) is 5.39 Å². The van der Waals surface area contributed by atoms with Crippen LogP contribution in [-0.4, -0.2) is 21.2 Å². The highest BCUT2D eigenvalue weighted by molar-refractivity contribution is 7.98. The Balaban J connectivity index is 1.86. The first-order valence-corrected chi connectivity index (χ1v) is 9.07. The van der Waals surface area contributed by atoms with E-state index in [1.165, 1.54) is 11.8 Å². The number of rotatable bonds is 4. The Bertz CT molecular complexity index is 940. The summed E-state index contributed by atoms with van der Waals surface area (Å²) in [7, 11) is 0.